The van der Waals surface area contributed by atoms with E-state index in [-0.39, 0.29) is 0 Å². The van der Waals surface area contributed by atoms with E-state index in [4.69, 9.17) is 9.47 Å². The van der Waals surface area contributed by atoms with Crippen molar-refractivity contribution < 1.29 is 9.47 Å². The second kappa shape index (κ2) is 6.00. The molecule has 1 aliphatic rings. The molecule has 0 atom stereocenters. The summed E-state index contributed by atoms with van der Waals surface area (Å²) in [5.41, 5.74) is 2.32. The standard InChI is InChI=1S/C18H19O2/c1-19-17-12-11-15(14-7-3-2-4-8-14)13-18(17)20-16-9-5-6-10-16/h3-4,7-8,11-13,16H,5-6,9-10H2,1H3. The fourth-order valence-corrected chi connectivity index (χ4v) is 2.71. The molecule has 2 nitrogen and oxygen atoms in total. The number of ether oxygens (including phenoxy) is 2. The molecule has 0 aliphatic heterocycles. The van der Waals surface area contributed by atoms with E-state index in [1.54, 1.807) is 7.11 Å². The van der Waals surface area contributed by atoms with E-state index in [1.165, 1.54) is 18.4 Å². The first-order valence-electron chi connectivity index (χ1n) is 7.18. The molecule has 103 valence electrons. The maximum absolute atomic E-state index is 6.13. The van der Waals surface area contributed by atoms with Gasteiger partial charge in [-0.15, -0.1) is 0 Å². The maximum Gasteiger partial charge on any atom is 0.162 e. The van der Waals surface area contributed by atoms with Crippen LogP contribution >= 0.6 is 0 Å². The SMILES string of the molecule is COc1ccc(-c2cc[c]cc2)cc1OC1CCCC1. The van der Waals surface area contributed by atoms with Crippen LogP contribution in [0.4, 0.5) is 0 Å². The molecule has 0 saturated heterocycles. The molecule has 0 bridgehead atoms. The van der Waals surface area contributed by atoms with Crippen molar-refractivity contribution in [2.75, 3.05) is 7.11 Å². The Hall–Kier alpha value is -1.96. The minimum absolute atomic E-state index is 0.336. The van der Waals surface area contributed by atoms with Crippen LogP contribution in [0.25, 0.3) is 11.1 Å². The molecular weight excluding hydrogens is 248 g/mol. The summed E-state index contributed by atoms with van der Waals surface area (Å²) in [6.07, 6.45) is 5.16. The van der Waals surface area contributed by atoms with Crippen LogP contribution < -0.4 is 9.47 Å². The van der Waals surface area contributed by atoms with Gasteiger partial charge in [0.25, 0.3) is 0 Å². The van der Waals surface area contributed by atoms with Crippen molar-refractivity contribution in [1.29, 1.82) is 0 Å². The Kier molecular flexibility index (Phi) is 3.91. The Morgan fingerprint density at radius 2 is 1.70 bits per heavy atom. The van der Waals surface area contributed by atoms with Crippen molar-refractivity contribution in [3.8, 4) is 22.6 Å². The first kappa shape index (κ1) is 13.0. The van der Waals surface area contributed by atoms with E-state index in [9.17, 15) is 0 Å². The van der Waals surface area contributed by atoms with Crippen LogP contribution in [0.15, 0.2) is 42.5 Å². The lowest BCUT2D eigenvalue weighted by Crippen LogP contribution is -2.11. The zero-order valence-electron chi connectivity index (χ0n) is 11.8. The van der Waals surface area contributed by atoms with Crippen molar-refractivity contribution in [3.05, 3.63) is 48.5 Å². The third kappa shape index (κ3) is 2.79. The number of hydrogen-bond donors (Lipinski definition) is 0. The van der Waals surface area contributed by atoms with E-state index < -0.39 is 0 Å². The van der Waals surface area contributed by atoms with E-state index >= 15 is 0 Å². The molecule has 1 saturated carbocycles. The monoisotopic (exact) mass is 267 g/mol. The van der Waals surface area contributed by atoms with Gasteiger partial charge in [-0.1, -0.05) is 30.3 Å². The van der Waals surface area contributed by atoms with Crippen LogP contribution in [0.1, 0.15) is 25.7 Å². The van der Waals surface area contributed by atoms with E-state index in [0.29, 0.717) is 6.10 Å². The third-order valence-corrected chi connectivity index (χ3v) is 3.81. The van der Waals surface area contributed by atoms with Crippen LogP contribution in [-0.2, 0) is 0 Å². The fourth-order valence-electron chi connectivity index (χ4n) is 2.71. The molecule has 0 unspecified atom stereocenters. The van der Waals surface area contributed by atoms with Gasteiger partial charge in [-0.05, 0) is 55.0 Å². The van der Waals surface area contributed by atoms with Crippen LogP contribution in [0.3, 0.4) is 0 Å². The summed E-state index contributed by atoms with van der Waals surface area (Å²) >= 11 is 0. The highest BCUT2D eigenvalue weighted by Crippen LogP contribution is 2.35. The smallest absolute Gasteiger partial charge is 0.162 e. The number of hydrogen-bond acceptors (Lipinski definition) is 2. The third-order valence-electron chi connectivity index (χ3n) is 3.81. The predicted molar refractivity (Wildman–Crippen MR) is 80.2 cm³/mol. The Balaban J connectivity index is 1.90. The Morgan fingerprint density at radius 1 is 0.950 bits per heavy atom. The molecule has 2 aromatic carbocycles. The second-order valence-corrected chi connectivity index (χ2v) is 5.18. The normalized spacial score (nSPS) is 15.2. The van der Waals surface area contributed by atoms with Crippen molar-refractivity contribution in [1.82, 2.24) is 0 Å². The van der Waals surface area contributed by atoms with Crippen molar-refractivity contribution in [3.63, 3.8) is 0 Å². The summed E-state index contributed by atoms with van der Waals surface area (Å²) in [7, 11) is 1.69. The molecule has 20 heavy (non-hydrogen) atoms. The summed E-state index contributed by atoms with van der Waals surface area (Å²) in [4.78, 5) is 0. The highest BCUT2D eigenvalue weighted by molar-refractivity contribution is 5.67. The molecule has 2 heteroatoms. The summed E-state index contributed by atoms with van der Waals surface area (Å²) in [6.45, 7) is 0. The summed E-state index contributed by atoms with van der Waals surface area (Å²) in [5, 5.41) is 0. The lowest BCUT2D eigenvalue weighted by molar-refractivity contribution is 0.201. The van der Waals surface area contributed by atoms with Gasteiger partial charge in [-0.3, -0.25) is 0 Å². The first-order chi connectivity index (χ1) is 9.86. The molecule has 3 rings (SSSR count). The summed E-state index contributed by atoms with van der Waals surface area (Å²) < 4.78 is 11.5. The summed E-state index contributed by atoms with van der Waals surface area (Å²) in [6, 6.07) is 17.1. The lowest BCUT2D eigenvalue weighted by Gasteiger charge is -2.17. The van der Waals surface area contributed by atoms with Gasteiger partial charge in [-0.2, -0.15) is 0 Å². The Morgan fingerprint density at radius 3 is 2.40 bits per heavy atom. The predicted octanol–water partition coefficient (Wildman–Crippen LogP) is 4.48. The molecule has 2 aromatic rings. The van der Waals surface area contributed by atoms with Gasteiger partial charge in [0.15, 0.2) is 11.5 Å². The zero-order valence-corrected chi connectivity index (χ0v) is 11.8. The quantitative estimate of drug-likeness (QED) is 0.813. The molecular formula is C18H19O2. The van der Waals surface area contributed by atoms with Crippen LogP contribution in [0, 0.1) is 6.07 Å². The Labute approximate surface area is 120 Å². The van der Waals surface area contributed by atoms with Crippen molar-refractivity contribution >= 4 is 0 Å². The van der Waals surface area contributed by atoms with Crippen molar-refractivity contribution in [2.45, 2.75) is 31.8 Å². The van der Waals surface area contributed by atoms with Gasteiger partial charge < -0.3 is 9.47 Å². The van der Waals surface area contributed by atoms with Crippen molar-refractivity contribution in [2.24, 2.45) is 0 Å². The topological polar surface area (TPSA) is 18.5 Å². The number of rotatable bonds is 4. The molecule has 1 fully saturated rings. The Bertz CT molecular complexity index is 557. The molecule has 0 N–H and O–H groups in total. The van der Waals surface area contributed by atoms with Crippen LogP contribution in [0.5, 0.6) is 11.5 Å². The minimum Gasteiger partial charge on any atom is -0.493 e. The second-order valence-electron chi connectivity index (χ2n) is 5.18. The highest BCUT2D eigenvalue weighted by Gasteiger charge is 2.18. The number of methoxy groups -OCH3 is 1. The minimum atomic E-state index is 0.336. The van der Waals surface area contributed by atoms with Gasteiger partial charge in [0.05, 0.1) is 13.2 Å². The van der Waals surface area contributed by atoms with Gasteiger partial charge >= 0.3 is 0 Å². The molecule has 0 spiro atoms. The van der Waals surface area contributed by atoms with Gasteiger partial charge in [0, 0.05) is 0 Å². The molecule has 0 aromatic heterocycles. The largest absolute Gasteiger partial charge is 0.493 e. The molecule has 1 aliphatic carbocycles. The zero-order chi connectivity index (χ0) is 13.8. The number of benzene rings is 2. The molecule has 1 radical (unpaired) electrons. The first-order valence-corrected chi connectivity index (χ1v) is 7.18. The van der Waals surface area contributed by atoms with Crippen LogP contribution in [0.2, 0.25) is 0 Å². The van der Waals surface area contributed by atoms with E-state index in [1.807, 2.05) is 18.2 Å². The van der Waals surface area contributed by atoms with Gasteiger partial charge in [0.1, 0.15) is 0 Å². The average Bonchev–Trinajstić information content (AvgIpc) is 3.01. The van der Waals surface area contributed by atoms with Gasteiger partial charge in [-0.25, -0.2) is 0 Å². The fraction of sp³-hybridized carbons (Fsp3) is 0.333. The van der Waals surface area contributed by atoms with E-state index in [0.717, 1.165) is 29.9 Å². The van der Waals surface area contributed by atoms with Crippen LogP contribution in [-0.4, -0.2) is 13.2 Å². The average molecular weight is 267 g/mol. The lowest BCUT2D eigenvalue weighted by atomic mass is 10.1. The molecule has 0 heterocycles. The molecule has 0 amide bonds. The maximum atomic E-state index is 6.13. The van der Waals surface area contributed by atoms with E-state index in [2.05, 4.69) is 30.3 Å². The van der Waals surface area contributed by atoms with Gasteiger partial charge in [0.2, 0.25) is 0 Å². The summed E-state index contributed by atoms with van der Waals surface area (Å²) in [5.74, 6) is 1.66. The highest BCUT2D eigenvalue weighted by atomic mass is 16.5.